The summed E-state index contributed by atoms with van der Waals surface area (Å²) in [4.78, 5) is 11.8. The van der Waals surface area contributed by atoms with Crippen molar-refractivity contribution in [1.82, 2.24) is 0 Å². The number of hydrogen-bond donors (Lipinski definition) is 1. The molecule has 0 radical (unpaired) electrons. The fraction of sp³-hybridized carbons (Fsp3) is 0.308. The van der Waals surface area contributed by atoms with Crippen LogP contribution in [0.5, 0.6) is 0 Å². The van der Waals surface area contributed by atoms with E-state index in [4.69, 9.17) is 4.74 Å². The fourth-order valence-electron chi connectivity index (χ4n) is 1.96. The van der Waals surface area contributed by atoms with Gasteiger partial charge in [-0.2, -0.15) is 0 Å². The summed E-state index contributed by atoms with van der Waals surface area (Å²) in [6.07, 6.45) is 1.75. The molecule has 2 rings (SSSR count). The summed E-state index contributed by atoms with van der Waals surface area (Å²) in [5.74, 6) is -0.610. The zero-order chi connectivity index (χ0) is 11.8. The zero-order valence-corrected chi connectivity index (χ0v) is 9.14. The number of rotatable bonds is 2. The summed E-state index contributed by atoms with van der Waals surface area (Å²) >= 11 is 0. The predicted molar refractivity (Wildman–Crippen MR) is 59.6 cm³/mol. The highest BCUT2D eigenvalue weighted by Gasteiger charge is 2.53. The van der Waals surface area contributed by atoms with Crippen LogP contribution in [0.3, 0.4) is 0 Å². The van der Waals surface area contributed by atoms with E-state index in [9.17, 15) is 9.90 Å². The van der Waals surface area contributed by atoms with Crippen LogP contribution in [0.15, 0.2) is 43.0 Å². The average molecular weight is 218 g/mol. The normalized spacial score (nSPS) is 33.5. The fourth-order valence-corrected chi connectivity index (χ4v) is 1.96. The van der Waals surface area contributed by atoms with Crippen LogP contribution in [0.4, 0.5) is 0 Å². The Labute approximate surface area is 94.4 Å². The molecule has 0 bridgehead atoms. The summed E-state index contributed by atoms with van der Waals surface area (Å²) in [5.41, 5.74) is -1.78. The van der Waals surface area contributed by atoms with Crippen molar-refractivity contribution in [2.24, 2.45) is 0 Å². The molecule has 1 aromatic rings. The van der Waals surface area contributed by atoms with Gasteiger partial charge < -0.3 is 9.84 Å². The van der Waals surface area contributed by atoms with Gasteiger partial charge in [0.05, 0.1) is 0 Å². The molecule has 1 N–H and O–H groups in total. The molecule has 16 heavy (non-hydrogen) atoms. The summed E-state index contributed by atoms with van der Waals surface area (Å²) in [6, 6.07) is 8.83. The second-order valence-corrected chi connectivity index (χ2v) is 4.31. The van der Waals surface area contributed by atoms with Gasteiger partial charge in [-0.3, -0.25) is 0 Å². The first-order chi connectivity index (χ1) is 7.50. The first-order valence-electron chi connectivity index (χ1n) is 5.15. The number of ether oxygens (including phenoxy) is 1. The maximum atomic E-state index is 11.8. The monoisotopic (exact) mass is 218 g/mol. The highest BCUT2D eigenvalue weighted by molar-refractivity contribution is 5.84. The topological polar surface area (TPSA) is 46.5 Å². The number of cyclic esters (lactones) is 1. The molecule has 1 aliphatic heterocycles. The minimum absolute atomic E-state index is 0.201. The Morgan fingerprint density at radius 2 is 2.06 bits per heavy atom. The first kappa shape index (κ1) is 10.9. The number of hydrogen-bond acceptors (Lipinski definition) is 3. The third-order valence-electron chi connectivity index (χ3n) is 2.95. The van der Waals surface area contributed by atoms with E-state index in [1.165, 1.54) is 0 Å². The van der Waals surface area contributed by atoms with Gasteiger partial charge in [-0.15, -0.1) is 0 Å². The van der Waals surface area contributed by atoms with Crippen molar-refractivity contribution in [3.05, 3.63) is 48.6 Å². The third kappa shape index (κ3) is 1.53. The van der Waals surface area contributed by atoms with Gasteiger partial charge in [-0.1, -0.05) is 36.9 Å². The molecule has 1 aliphatic rings. The molecule has 1 saturated heterocycles. The van der Waals surface area contributed by atoms with E-state index in [2.05, 4.69) is 6.58 Å². The van der Waals surface area contributed by atoms with E-state index in [1.807, 2.05) is 6.07 Å². The number of carbonyl (C=O) groups is 1. The van der Waals surface area contributed by atoms with Crippen LogP contribution in [0.25, 0.3) is 0 Å². The Bertz CT molecular complexity index is 426. The van der Waals surface area contributed by atoms with Crippen LogP contribution in [-0.4, -0.2) is 16.7 Å². The summed E-state index contributed by atoms with van der Waals surface area (Å²) in [7, 11) is 0. The van der Waals surface area contributed by atoms with Crippen LogP contribution >= 0.6 is 0 Å². The Morgan fingerprint density at radius 3 is 2.56 bits per heavy atom. The number of benzene rings is 1. The van der Waals surface area contributed by atoms with Crippen LogP contribution < -0.4 is 0 Å². The van der Waals surface area contributed by atoms with Gasteiger partial charge in [-0.05, 0) is 18.6 Å². The van der Waals surface area contributed by atoms with Crippen LogP contribution in [0.2, 0.25) is 0 Å². The summed E-state index contributed by atoms with van der Waals surface area (Å²) in [6.45, 7) is 5.35. The average Bonchev–Trinajstić information content (AvgIpc) is 2.53. The molecule has 3 nitrogen and oxygen atoms in total. The number of esters is 1. The lowest BCUT2D eigenvalue weighted by Crippen LogP contribution is -2.31. The molecule has 2 unspecified atom stereocenters. The van der Waals surface area contributed by atoms with Gasteiger partial charge in [0.1, 0.15) is 5.60 Å². The highest BCUT2D eigenvalue weighted by Crippen LogP contribution is 2.41. The standard InChI is InChI=1S/C13H14O3/c1-3-12(2)9-13(15,11(14)16-12)10-7-5-4-6-8-10/h3-8,15H,1,9H2,2H3. The van der Waals surface area contributed by atoms with Crippen LogP contribution in [-0.2, 0) is 15.1 Å². The SMILES string of the molecule is C=CC1(C)CC(O)(c2ccccc2)C(=O)O1. The van der Waals surface area contributed by atoms with Gasteiger partial charge in [0.2, 0.25) is 0 Å². The molecular formula is C13H14O3. The summed E-state index contributed by atoms with van der Waals surface area (Å²) in [5, 5.41) is 10.4. The second-order valence-electron chi connectivity index (χ2n) is 4.31. The van der Waals surface area contributed by atoms with Crippen LogP contribution in [0, 0.1) is 0 Å². The molecule has 1 aromatic carbocycles. The predicted octanol–water partition coefficient (Wildman–Crippen LogP) is 1.77. The first-order valence-corrected chi connectivity index (χ1v) is 5.15. The van der Waals surface area contributed by atoms with Crippen molar-refractivity contribution in [2.45, 2.75) is 24.5 Å². The molecule has 84 valence electrons. The molecule has 3 heteroatoms. The number of carbonyl (C=O) groups excluding carboxylic acids is 1. The molecule has 1 fully saturated rings. The Hall–Kier alpha value is -1.61. The zero-order valence-electron chi connectivity index (χ0n) is 9.14. The Morgan fingerprint density at radius 1 is 1.44 bits per heavy atom. The van der Waals surface area contributed by atoms with Gasteiger partial charge in [0, 0.05) is 6.42 Å². The highest BCUT2D eigenvalue weighted by atomic mass is 16.6. The maximum absolute atomic E-state index is 11.8. The molecule has 0 aliphatic carbocycles. The van der Waals surface area contributed by atoms with E-state index >= 15 is 0 Å². The lowest BCUT2D eigenvalue weighted by molar-refractivity contribution is -0.157. The van der Waals surface area contributed by atoms with Gasteiger partial charge in [0.15, 0.2) is 5.60 Å². The molecular weight excluding hydrogens is 204 g/mol. The lowest BCUT2D eigenvalue weighted by atomic mass is 9.86. The Balaban J connectivity index is 2.41. The molecule has 0 spiro atoms. The van der Waals surface area contributed by atoms with Crippen molar-refractivity contribution in [3.8, 4) is 0 Å². The van der Waals surface area contributed by atoms with Crippen molar-refractivity contribution >= 4 is 5.97 Å². The largest absolute Gasteiger partial charge is 0.453 e. The van der Waals surface area contributed by atoms with Crippen molar-refractivity contribution in [2.75, 3.05) is 0 Å². The quantitative estimate of drug-likeness (QED) is 0.607. The van der Waals surface area contributed by atoms with Crippen molar-refractivity contribution in [1.29, 1.82) is 0 Å². The molecule has 1 heterocycles. The van der Waals surface area contributed by atoms with Gasteiger partial charge in [-0.25, -0.2) is 4.79 Å². The summed E-state index contributed by atoms with van der Waals surface area (Å²) < 4.78 is 5.16. The second kappa shape index (κ2) is 3.46. The van der Waals surface area contributed by atoms with Crippen molar-refractivity contribution < 1.29 is 14.6 Å². The molecule has 2 atom stereocenters. The lowest BCUT2D eigenvalue weighted by Gasteiger charge is -2.20. The van der Waals surface area contributed by atoms with E-state index in [1.54, 1.807) is 37.3 Å². The van der Waals surface area contributed by atoms with Gasteiger partial charge >= 0.3 is 5.97 Å². The van der Waals surface area contributed by atoms with E-state index in [0.717, 1.165) is 0 Å². The van der Waals surface area contributed by atoms with Crippen molar-refractivity contribution in [3.63, 3.8) is 0 Å². The van der Waals surface area contributed by atoms with Gasteiger partial charge in [0.25, 0.3) is 0 Å². The van der Waals surface area contributed by atoms with E-state index in [0.29, 0.717) is 5.56 Å². The molecule has 0 amide bonds. The molecule has 0 aromatic heterocycles. The minimum Gasteiger partial charge on any atom is -0.453 e. The maximum Gasteiger partial charge on any atom is 0.343 e. The smallest absolute Gasteiger partial charge is 0.343 e. The third-order valence-corrected chi connectivity index (χ3v) is 2.95. The molecule has 0 saturated carbocycles. The van der Waals surface area contributed by atoms with E-state index in [-0.39, 0.29) is 6.42 Å². The Kier molecular flexibility index (Phi) is 2.35. The minimum atomic E-state index is -1.55. The van der Waals surface area contributed by atoms with Crippen LogP contribution in [0.1, 0.15) is 18.9 Å². The number of aliphatic hydroxyl groups is 1. The van der Waals surface area contributed by atoms with E-state index < -0.39 is 17.2 Å².